The summed E-state index contributed by atoms with van der Waals surface area (Å²) in [5, 5.41) is -0.0193. The first-order valence-electron chi connectivity index (χ1n) is 6.08. The van der Waals surface area contributed by atoms with E-state index in [4.69, 9.17) is 21.1 Å². The lowest BCUT2D eigenvalue weighted by Crippen LogP contribution is -2.01. The maximum atomic E-state index is 6.48. The molecule has 0 aromatic heterocycles. The summed E-state index contributed by atoms with van der Waals surface area (Å²) in [5.41, 5.74) is 1.05. The van der Waals surface area contributed by atoms with Gasteiger partial charge in [0, 0.05) is 4.47 Å². The molecule has 4 heteroatoms. The van der Waals surface area contributed by atoms with Crippen molar-refractivity contribution >= 4 is 27.5 Å². The Hall–Kier alpha value is -0.410. The Morgan fingerprint density at radius 3 is 2.28 bits per heavy atom. The molecule has 0 bridgehead atoms. The lowest BCUT2D eigenvalue weighted by Gasteiger charge is -2.18. The van der Waals surface area contributed by atoms with Gasteiger partial charge >= 0.3 is 0 Å². The summed E-state index contributed by atoms with van der Waals surface area (Å²) >= 11 is 10.0. The van der Waals surface area contributed by atoms with E-state index >= 15 is 0 Å². The third kappa shape index (κ3) is 3.79. The van der Waals surface area contributed by atoms with Gasteiger partial charge < -0.3 is 9.47 Å². The van der Waals surface area contributed by atoms with Crippen molar-refractivity contribution < 1.29 is 9.47 Å². The molecule has 1 aromatic carbocycles. The summed E-state index contributed by atoms with van der Waals surface area (Å²) in [7, 11) is 3.26. The van der Waals surface area contributed by atoms with Crippen LogP contribution in [-0.2, 0) is 0 Å². The third-order valence-corrected chi connectivity index (χ3v) is 4.25. The quantitative estimate of drug-likeness (QED) is 0.667. The molecule has 2 atom stereocenters. The molecule has 2 nitrogen and oxygen atoms in total. The van der Waals surface area contributed by atoms with E-state index in [1.165, 1.54) is 0 Å². The van der Waals surface area contributed by atoms with Crippen molar-refractivity contribution in [3.05, 3.63) is 22.2 Å². The third-order valence-electron chi connectivity index (χ3n) is 3.15. The molecule has 2 unspecified atom stereocenters. The second-order valence-electron chi connectivity index (χ2n) is 4.45. The second kappa shape index (κ2) is 7.25. The first-order valence-corrected chi connectivity index (χ1v) is 7.31. The standard InChI is InChI=1S/C14H20BrClO2/c1-5-9(2)6-12(16)10-7-13(17-3)14(18-4)8-11(10)15/h7-9,12H,5-6H2,1-4H3. The minimum absolute atomic E-state index is 0.0193. The highest BCUT2D eigenvalue weighted by Crippen LogP contribution is 2.40. The molecule has 1 aromatic rings. The van der Waals surface area contributed by atoms with Crippen LogP contribution in [0, 0.1) is 5.92 Å². The predicted molar refractivity (Wildman–Crippen MR) is 79.9 cm³/mol. The fourth-order valence-corrected chi connectivity index (χ4v) is 2.97. The van der Waals surface area contributed by atoms with Crippen LogP contribution in [0.3, 0.4) is 0 Å². The van der Waals surface area contributed by atoms with E-state index in [-0.39, 0.29) is 5.38 Å². The highest BCUT2D eigenvalue weighted by atomic mass is 79.9. The first-order chi connectivity index (χ1) is 8.53. The van der Waals surface area contributed by atoms with Crippen LogP contribution < -0.4 is 9.47 Å². The molecular formula is C14H20BrClO2. The molecule has 0 spiro atoms. The van der Waals surface area contributed by atoms with Gasteiger partial charge in [0.2, 0.25) is 0 Å². The Kier molecular flexibility index (Phi) is 6.30. The summed E-state index contributed by atoms with van der Waals surface area (Å²) < 4.78 is 11.5. The Bertz CT molecular complexity index is 396. The van der Waals surface area contributed by atoms with Gasteiger partial charge in [-0.2, -0.15) is 0 Å². The number of halogens is 2. The van der Waals surface area contributed by atoms with Crippen molar-refractivity contribution in [1.29, 1.82) is 0 Å². The molecule has 0 aliphatic rings. The summed E-state index contributed by atoms with van der Waals surface area (Å²) in [5.74, 6) is 2.03. The summed E-state index contributed by atoms with van der Waals surface area (Å²) in [4.78, 5) is 0. The zero-order chi connectivity index (χ0) is 13.7. The molecular weight excluding hydrogens is 316 g/mol. The van der Waals surface area contributed by atoms with Crippen LogP contribution in [0.4, 0.5) is 0 Å². The Morgan fingerprint density at radius 2 is 1.78 bits per heavy atom. The molecule has 0 aliphatic carbocycles. The van der Waals surface area contributed by atoms with Gasteiger partial charge in [-0.15, -0.1) is 11.6 Å². The molecule has 102 valence electrons. The fourth-order valence-electron chi connectivity index (χ4n) is 1.76. The van der Waals surface area contributed by atoms with Crippen LogP contribution >= 0.6 is 27.5 Å². The van der Waals surface area contributed by atoms with Crippen LogP contribution in [0.1, 0.15) is 37.6 Å². The Labute approximate surface area is 123 Å². The van der Waals surface area contributed by atoms with Gasteiger partial charge in [-0.05, 0) is 30.0 Å². The smallest absolute Gasteiger partial charge is 0.161 e. The second-order valence-corrected chi connectivity index (χ2v) is 5.83. The lowest BCUT2D eigenvalue weighted by molar-refractivity contribution is 0.354. The van der Waals surface area contributed by atoms with E-state index in [0.29, 0.717) is 17.4 Å². The summed E-state index contributed by atoms with van der Waals surface area (Å²) in [6.07, 6.45) is 2.08. The summed E-state index contributed by atoms with van der Waals surface area (Å²) in [6.45, 7) is 4.39. The molecule has 1 rings (SSSR count). The van der Waals surface area contributed by atoms with Crippen LogP contribution in [0.2, 0.25) is 0 Å². The molecule has 0 saturated heterocycles. The largest absolute Gasteiger partial charge is 0.493 e. The van der Waals surface area contributed by atoms with E-state index in [9.17, 15) is 0 Å². The normalized spacial score (nSPS) is 14.1. The minimum Gasteiger partial charge on any atom is -0.493 e. The van der Waals surface area contributed by atoms with Crippen molar-refractivity contribution in [2.75, 3.05) is 14.2 Å². The van der Waals surface area contributed by atoms with Crippen molar-refractivity contribution in [3.8, 4) is 11.5 Å². The average molecular weight is 336 g/mol. The van der Waals surface area contributed by atoms with Crippen LogP contribution in [-0.4, -0.2) is 14.2 Å². The number of benzene rings is 1. The van der Waals surface area contributed by atoms with Gasteiger partial charge in [0.25, 0.3) is 0 Å². The van der Waals surface area contributed by atoms with Gasteiger partial charge in [0.15, 0.2) is 11.5 Å². The molecule has 0 amide bonds. The Balaban J connectivity index is 3.01. The number of hydrogen-bond acceptors (Lipinski definition) is 2. The van der Waals surface area contributed by atoms with Gasteiger partial charge in [0.1, 0.15) is 0 Å². The first kappa shape index (κ1) is 15.6. The maximum absolute atomic E-state index is 6.48. The monoisotopic (exact) mass is 334 g/mol. The molecule has 0 fully saturated rings. The molecule has 0 heterocycles. The molecule has 0 radical (unpaired) electrons. The van der Waals surface area contributed by atoms with Crippen molar-refractivity contribution in [2.24, 2.45) is 5.92 Å². The van der Waals surface area contributed by atoms with E-state index in [1.54, 1.807) is 14.2 Å². The molecule has 0 saturated carbocycles. The van der Waals surface area contributed by atoms with Crippen molar-refractivity contribution in [1.82, 2.24) is 0 Å². The van der Waals surface area contributed by atoms with Crippen LogP contribution in [0.25, 0.3) is 0 Å². The topological polar surface area (TPSA) is 18.5 Å². The van der Waals surface area contributed by atoms with E-state index in [0.717, 1.165) is 22.9 Å². The van der Waals surface area contributed by atoms with Gasteiger partial charge in [-0.3, -0.25) is 0 Å². The fraction of sp³-hybridized carbons (Fsp3) is 0.571. The van der Waals surface area contributed by atoms with E-state index in [2.05, 4.69) is 29.8 Å². The van der Waals surface area contributed by atoms with E-state index in [1.807, 2.05) is 12.1 Å². The number of hydrogen-bond donors (Lipinski definition) is 0. The number of alkyl halides is 1. The summed E-state index contributed by atoms with van der Waals surface area (Å²) in [6, 6.07) is 3.85. The van der Waals surface area contributed by atoms with Gasteiger partial charge in [-0.25, -0.2) is 0 Å². The number of methoxy groups -OCH3 is 2. The zero-order valence-corrected chi connectivity index (χ0v) is 13.6. The molecule has 0 N–H and O–H groups in total. The van der Waals surface area contributed by atoms with Crippen LogP contribution in [0.15, 0.2) is 16.6 Å². The zero-order valence-electron chi connectivity index (χ0n) is 11.3. The van der Waals surface area contributed by atoms with Crippen molar-refractivity contribution in [2.45, 2.75) is 32.1 Å². The number of ether oxygens (including phenoxy) is 2. The molecule has 18 heavy (non-hydrogen) atoms. The highest BCUT2D eigenvalue weighted by Gasteiger charge is 2.18. The van der Waals surface area contributed by atoms with E-state index < -0.39 is 0 Å². The highest BCUT2D eigenvalue weighted by molar-refractivity contribution is 9.10. The Morgan fingerprint density at radius 1 is 1.22 bits per heavy atom. The average Bonchev–Trinajstić information content (AvgIpc) is 2.37. The minimum atomic E-state index is -0.0193. The number of rotatable bonds is 6. The van der Waals surface area contributed by atoms with Crippen LogP contribution in [0.5, 0.6) is 11.5 Å². The maximum Gasteiger partial charge on any atom is 0.161 e. The predicted octanol–water partition coefficient (Wildman–Crippen LogP) is 5.18. The SMILES string of the molecule is CCC(C)CC(Cl)c1cc(OC)c(OC)cc1Br. The van der Waals surface area contributed by atoms with Gasteiger partial charge in [-0.1, -0.05) is 36.2 Å². The lowest BCUT2D eigenvalue weighted by atomic mass is 9.98. The van der Waals surface area contributed by atoms with Gasteiger partial charge in [0.05, 0.1) is 19.6 Å². The molecule has 0 aliphatic heterocycles. The van der Waals surface area contributed by atoms with Crippen molar-refractivity contribution in [3.63, 3.8) is 0 Å².